The van der Waals surface area contributed by atoms with E-state index in [0.29, 0.717) is 12.5 Å². The molecule has 0 bridgehead atoms. The average molecular weight is 403 g/mol. The van der Waals surface area contributed by atoms with Crippen LogP contribution in [0.1, 0.15) is 48.5 Å². The van der Waals surface area contributed by atoms with E-state index in [1.54, 1.807) is 17.5 Å². The molecule has 7 heteroatoms. The fourth-order valence-electron chi connectivity index (χ4n) is 5.03. The van der Waals surface area contributed by atoms with Crippen molar-refractivity contribution in [2.24, 2.45) is 0 Å². The normalized spacial score (nSPS) is 28.4. The maximum absolute atomic E-state index is 11.7. The Hall–Kier alpha value is -1.70. The van der Waals surface area contributed by atoms with E-state index in [9.17, 15) is 9.90 Å². The molecule has 3 heterocycles. The van der Waals surface area contributed by atoms with Crippen molar-refractivity contribution in [3.63, 3.8) is 0 Å². The molecule has 2 aromatic rings. The number of fused-ring (bicyclic) bond motifs is 3. The fraction of sp³-hybridized carbons (Fsp3) is 0.619. The molecule has 2 fully saturated rings. The number of thiophene rings is 1. The quantitative estimate of drug-likeness (QED) is 0.845. The monoisotopic (exact) mass is 402 g/mol. The number of ether oxygens (including phenoxy) is 2. The third-order valence-corrected chi connectivity index (χ3v) is 7.65. The molecule has 0 aromatic carbocycles. The second kappa shape index (κ2) is 7.61. The van der Waals surface area contributed by atoms with E-state index in [2.05, 4.69) is 9.88 Å². The third-order valence-electron chi connectivity index (χ3n) is 6.47. The first-order chi connectivity index (χ1) is 13.7. The lowest BCUT2D eigenvalue weighted by molar-refractivity contribution is -0.138. The number of morpholine rings is 1. The van der Waals surface area contributed by atoms with Crippen LogP contribution in [0.3, 0.4) is 0 Å². The summed E-state index contributed by atoms with van der Waals surface area (Å²) >= 11 is 1.63. The Balaban J connectivity index is 1.33. The van der Waals surface area contributed by atoms with Gasteiger partial charge in [0.05, 0.1) is 30.6 Å². The van der Waals surface area contributed by atoms with Crippen LogP contribution in [0.4, 0.5) is 0 Å². The number of rotatable bonds is 4. The molecule has 2 aromatic heterocycles. The summed E-state index contributed by atoms with van der Waals surface area (Å²) in [4.78, 5) is 20.9. The minimum atomic E-state index is -0.737. The van der Waals surface area contributed by atoms with Crippen molar-refractivity contribution in [2.45, 2.75) is 56.6 Å². The van der Waals surface area contributed by atoms with Gasteiger partial charge in [-0.05, 0) is 50.2 Å². The number of pyridine rings is 1. The molecule has 2 aliphatic carbocycles. The number of carboxylic acid groups (broad SMARTS) is 1. The van der Waals surface area contributed by atoms with Gasteiger partial charge in [-0.15, -0.1) is 11.3 Å². The molecule has 0 radical (unpaired) electrons. The van der Waals surface area contributed by atoms with Crippen LogP contribution >= 0.6 is 11.3 Å². The summed E-state index contributed by atoms with van der Waals surface area (Å²) in [6, 6.07) is 2.56. The summed E-state index contributed by atoms with van der Waals surface area (Å²) in [5.74, 6) is -0.336. The minimum absolute atomic E-state index is 0.197. The molecule has 28 heavy (non-hydrogen) atoms. The summed E-state index contributed by atoms with van der Waals surface area (Å²) in [7, 11) is 0. The van der Waals surface area contributed by atoms with Gasteiger partial charge in [0.2, 0.25) is 0 Å². The van der Waals surface area contributed by atoms with Gasteiger partial charge < -0.3 is 14.6 Å². The molecule has 0 amide bonds. The molecule has 0 unspecified atom stereocenters. The number of carboxylic acids is 1. The van der Waals surface area contributed by atoms with Crippen LogP contribution in [0, 0.1) is 0 Å². The van der Waals surface area contributed by atoms with Gasteiger partial charge in [0.15, 0.2) is 0 Å². The van der Waals surface area contributed by atoms with Crippen LogP contribution in [0.25, 0.3) is 10.2 Å². The number of aliphatic carboxylic acids is 1. The molecular weight excluding hydrogens is 376 g/mol. The van der Waals surface area contributed by atoms with Crippen LogP contribution in [0.5, 0.6) is 5.75 Å². The van der Waals surface area contributed by atoms with Gasteiger partial charge in [-0.2, -0.15) is 0 Å². The highest BCUT2D eigenvalue weighted by molar-refractivity contribution is 7.19. The van der Waals surface area contributed by atoms with Crippen molar-refractivity contribution in [1.29, 1.82) is 0 Å². The summed E-state index contributed by atoms with van der Waals surface area (Å²) in [6.45, 7) is 3.77. The van der Waals surface area contributed by atoms with Gasteiger partial charge >= 0.3 is 5.97 Å². The lowest BCUT2D eigenvalue weighted by atomic mass is 9.91. The maximum atomic E-state index is 11.7. The van der Waals surface area contributed by atoms with E-state index in [1.165, 1.54) is 4.88 Å². The van der Waals surface area contributed by atoms with Gasteiger partial charge in [0.25, 0.3) is 0 Å². The fourth-order valence-corrected chi connectivity index (χ4v) is 6.27. The van der Waals surface area contributed by atoms with E-state index in [4.69, 9.17) is 9.47 Å². The first-order valence-corrected chi connectivity index (χ1v) is 11.1. The lowest BCUT2D eigenvalue weighted by Gasteiger charge is -2.38. The highest BCUT2D eigenvalue weighted by Gasteiger charge is 2.35. The van der Waals surface area contributed by atoms with Crippen molar-refractivity contribution >= 4 is 27.5 Å². The molecule has 1 atom stereocenters. The zero-order valence-electron chi connectivity index (χ0n) is 15.9. The van der Waals surface area contributed by atoms with E-state index in [0.717, 1.165) is 79.9 Å². The number of hydrogen-bond donors (Lipinski definition) is 1. The molecule has 1 aliphatic heterocycles. The summed E-state index contributed by atoms with van der Waals surface area (Å²) in [6.07, 6.45) is 7.89. The first-order valence-electron chi connectivity index (χ1n) is 10.3. The standard InChI is InChI=1S/C21H26N2O4S/c24-21(25)15-5-6-17-18(15)19-16(7-8-22-20(19)28-17)27-14-3-1-13(2-4-14)23-9-11-26-12-10-23/h7-8,13-15H,1-6,9-12H2,(H,24,25)/t13?,14?,15-/m0/s1. The van der Waals surface area contributed by atoms with Gasteiger partial charge in [0.1, 0.15) is 10.6 Å². The topological polar surface area (TPSA) is 71.9 Å². The van der Waals surface area contributed by atoms with Crippen molar-refractivity contribution < 1.29 is 19.4 Å². The SMILES string of the molecule is O=C(O)[C@H]1CCc2sc3nccc(OC4CCC(N5CCOCC5)CC4)c3c21. The van der Waals surface area contributed by atoms with Gasteiger partial charge in [-0.1, -0.05) is 0 Å². The number of carbonyl (C=O) groups is 1. The number of aryl methyl sites for hydroxylation is 1. The second-order valence-corrected chi connectivity index (χ2v) is 9.14. The van der Waals surface area contributed by atoms with Crippen molar-refractivity contribution in [2.75, 3.05) is 26.3 Å². The van der Waals surface area contributed by atoms with Crippen molar-refractivity contribution in [3.8, 4) is 5.75 Å². The van der Waals surface area contributed by atoms with Crippen LogP contribution in [0.2, 0.25) is 0 Å². The molecular formula is C21H26N2O4S. The van der Waals surface area contributed by atoms with Crippen LogP contribution < -0.4 is 4.74 Å². The molecule has 3 aliphatic rings. The Labute approximate surface area is 168 Å². The molecule has 1 saturated carbocycles. The Morgan fingerprint density at radius 1 is 1.21 bits per heavy atom. The molecule has 0 spiro atoms. The van der Waals surface area contributed by atoms with Gasteiger partial charge in [-0.25, -0.2) is 4.98 Å². The Morgan fingerprint density at radius 2 is 2.00 bits per heavy atom. The summed E-state index contributed by atoms with van der Waals surface area (Å²) in [5, 5.41) is 10.6. The average Bonchev–Trinajstić information content (AvgIpc) is 3.28. The highest BCUT2D eigenvalue weighted by atomic mass is 32.1. The first kappa shape index (κ1) is 18.3. The lowest BCUT2D eigenvalue weighted by Crippen LogP contribution is -2.46. The van der Waals surface area contributed by atoms with E-state index < -0.39 is 11.9 Å². The number of aromatic nitrogens is 1. The molecule has 5 rings (SSSR count). The smallest absolute Gasteiger partial charge is 0.311 e. The third kappa shape index (κ3) is 3.29. The molecule has 6 nitrogen and oxygen atoms in total. The van der Waals surface area contributed by atoms with Crippen LogP contribution in [-0.2, 0) is 16.0 Å². The number of hydrogen-bond acceptors (Lipinski definition) is 6. The van der Waals surface area contributed by atoms with E-state index >= 15 is 0 Å². The van der Waals surface area contributed by atoms with Gasteiger partial charge in [-0.3, -0.25) is 9.69 Å². The Kier molecular flexibility index (Phi) is 4.99. The zero-order valence-corrected chi connectivity index (χ0v) is 16.7. The minimum Gasteiger partial charge on any atom is -0.490 e. The zero-order chi connectivity index (χ0) is 19.1. The molecule has 1 saturated heterocycles. The molecule has 1 N–H and O–H groups in total. The number of nitrogens with zero attached hydrogens (tertiary/aromatic N) is 2. The predicted octanol–water partition coefficient (Wildman–Crippen LogP) is 3.43. The van der Waals surface area contributed by atoms with Gasteiger partial charge in [0, 0.05) is 30.2 Å². The van der Waals surface area contributed by atoms with Crippen LogP contribution in [-0.4, -0.2) is 59.4 Å². The predicted molar refractivity (Wildman–Crippen MR) is 107 cm³/mol. The maximum Gasteiger partial charge on any atom is 0.311 e. The van der Waals surface area contributed by atoms with E-state index in [-0.39, 0.29) is 6.10 Å². The molecule has 150 valence electrons. The largest absolute Gasteiger partial charge is 0.490 e. The second-order valence-electron chi connectivity index (χ2n) is 8.05. The van der Waals surface area contributed by atoms with Crippen molar-refractivity contribution in [3.05, 3.63) is 22.7 Å². The van der Waals surface area contributed by atoms with E-state index in [1.807, 2.05) is 6.07 Å². The highest BCUT2D eigenvalue weighted by Crippen LogP contribution is 2.47. The van der Waals surface area contributed by atoms with Crippen LogP contribution in [0.15, 0.2) is 12.3 Å². The van der Waals surface area contributed by atoms with Crippen molar-refractivity contribution in [1.82, 2.24) is 9.88 Å². The Morgan fingerprint density at radius 3 is 2.75 bits per heavy atom. The summed E-state index contributed by atoms with van der Waals surface area (Å²) < 4.78 is 11.9. The Bertz CT molecular complexity index is 869. The summed E-state index contributed by atoms with van der Waals surface area (Å²) in [5.41, 5.74) is 0.956.